The van der Waals surface area contributed by atoms with Crippen molar-refractivity contribution in [3.8, 4) is 11.8 Å². The maximum atomic E-state index is 14.2. The zero-order valence-electron chi connectivity index (χ0n) is 23.6. The third kappa shape index (κ3) is 5.16. The number of hydrogen-bond acceptors (Lipinski definition) is 7. The molecule has 7 nitrogen and oxygen atoms in total. The van der Waals surface area contributed by atoms with E-state index in [-0.39, 0.29) is 12.2 Å². The number of hydrogen-bond donors (Lipinski definition) is 0. The number of benzene rings is 4. The molecule has 0 saturated carbocycles. The van der Waals surface area contributed by atoms with Gasteiger partial charge in [-0.25, -0.2) is 9.79 Å². The lowest BCUT2D eigenvalue weighted by atomic mass is 9.95. The predicted molar refractivity (Wildman–Crippen MR) is 166 cm³/mol. The number of nitrogens with zero attached hydrogens (tertiary/aromatic N) is 3. The highest BCUT2D eigenvalue weighted by atomic mass is 32.1. The van der Waals surface area contributed by atoms with Gasteiger partial charge in [-0.15, -0.1) is 0 Å². The van der Waals surface area contributed by atoms with Crippen LogP contribution in [0.3, 0.4) is 0 Å². The number of fused-ring (bicyclic) bond motifs is 2. The van der Waals surface area contributed by atoms with Crippen LogP contribution >= 0.6 is 11.3 Å². The average molecular weight is 586 g/mol. The Morgan fingerprint density at radius 2 is 1.77 bits per heavy atom. The molecule has 1 aliphatic rings. The molecule has 1 aromatic heterocycles. The van der Waals surface area contributed by atoms with Crippen LogP contribution in [-0.4, -0.2) is 17.6 Å². The van der Waals surface area contributed by atoms with Crippen molar-refractivity contribution in [3.63, 3.8) is 0 Å². The van der Waals surface area contributed by atoms with E-state index in [9.17, 15) is 14.9 Å². The Hall–Kier alpha value is -5.26. The van der Waals surface area contributed by atoms with Crippen LogP contribution in [0.15, 0.2) is 112 Å². The second-order valence-corrected chi connectivity index (χ2v) is 11.0. The number of thiazole rings is 1. The highest BCUT2D eigenvalue weighted by molar-refractivity contribution is 7.07. The number of rotatable bonds is 7. The first kappa shape index (κ1) is 27.9. The van der Waals surface area contributed by atoms with Crippen LogP contribution < -0.4 is 19.6 Å². The van der Waals surface area contributed by atoms with Crippen LogP contribution in [0.1, 0.15) is 41.6 Å². The lowest BCUT2D eigenvalue weighted by Crippen LogP contribution is -2.40. The van der Waals surface area contributed by atoms with E-state index in [1.54, 1.807) is 10.6 Å². The highest BCUT2D eigenvalue weighted by Crippen LogP contribution is 2.32. The summed E-state index contributed by atoms with van der Waals surface area (Å²) in [6.45, 7) is 2.13. The first-order chi connectivity index (χ1) is 21.0. The molecule has 0 radical (unpaired) electrons. The van der Waals surface area contributed by atoms with Crippen molar-refractivity contribution >= 4 is 34.2 Å². The number of carbonyl (C=O) groups excluding carboxylic acids is 1. The molecule has 0 bridgehead atoms. The van der Waals surface area contributed by atoms with Gasteiger partial charge in [-0.05, 0) is 41.0 Å². The summed E-state index contributed by atoms with van der Waals surface area (Å²) in [5.74, 6) is 0.0764. The highest BCUT2D eigenvalue weighted by Gasteiger charge is 2.33. The Bertz CT molecular complexity index is 2120. The zero-order valence-corrected chi connectivity index (χ0v) is 24.4. The molecule has 0 aliphatic carbocycles. The van der Waals surface area contributed by atoms with E-state index in [1.807, 2.05) is 97.9 Å². The van der Waals surface area contributed by atoms with Gasteiger partial charge in [0.05, 0.1) is 40.6 Å². The fourth-order valence-electron chi connectivity index (χ4n) is 5.41. The molecule has 2 heterocycles. The normalized spacial score (nSPS) is 14.6. The number of allylic oxidation sites excluding steroid dienone is 1. The van der Waals surface area contributed by atoms with Crippen LogP contribution in [0.25, 0.3) is 16.8 Å². The van der Waals surface area contributed by atoms with Gasteiger partial charge in [0.2, 0.25) is 0 Å². The second kappa shape index (κ2) is 11.9. The molecule has 1 aliphatic heterocycles. The van der Waals surface area contributed by atoms with E-state index >= 15 is 0 Å². The van der Waals surface area contributed by atoms with E-state index in [4.69, 9.17) is 14.5 Å². The van der Waals surface area contributed by atoms with Crippen molar-refractivity contribution in [2.24, 2.45) is 4.99 Å². The molecule has 43 heavy (non-hydrogen) atoms. The summed E-state index contributed by atoms with van der Waals surface area (Å²) in [5.41, 5.74) is 3.56. The van der Waals surface area contributed by atoms with Crippen molar-refractivity contribution in [1.29, 1.82) is 5.26 Å². The van der Waals surface area contributed by atoms with Gasteiger partial charge in [-0.1, -0.05) is 97.1 Å². The lowest BCUT2D eigenvalue weighted by Gasteiger charge is -2.25. The number of ether oxygens (including phenoxy) is 2. The number of aromatic nitrogens is 1. The van der Waals surface area contributed by atoms with Crippen molar-refractivity contribution in [1.82, 2.24) is 4.57 Å². The molecule has 0 spiro atoms. The largest absolute Gasteiger partial charge is 0.488 e. The molecule has 0 saturated heterocycles. The van der Waals surface area contributed by atoms with Crippen molar-refractivity contribution < 1.29 is 14.3 Å². The zero-order chi connectivity index (χ0) is 29.9. The third-order valence-electron chi connectivity index (χ3n) is 7.49. The Labute approximate surface area is 251 Å². The minimum absolute atomic E-state index is 0.195. The van der Waals surface area contributed by atoms with Crippen molar-refractivity contribution in [3.05, 3.63) is 144 Å². The summed E-state index contributed by atoms with van der Waals surface area (Å²) in [4.78, 5) is 32.5. The summed E-state index contributed by atoms with van der Waals surface area (Å²) < 4.78 is 13.5. The van der Waals surface area contributed by atoms with Crippen LogP contribution in [0.2, 0.25) is 0 Å². The topological polar surface area (TPSA) is 93.7 Å². The molecule has 212 valence electrons. The van der Waals surface area contributed by atoms with E-state index in [1.165, 1.54) is 18.4 Å². The molecule has 8 heteroatoms. The van der Waals surface area contributed by atoms with E-state index in [0.717, 1.165) is 27.5 Å². The van der Waals surface area contributed by atoms with Gasteiger partial charge in [-0.2, -0.15) is 5.26 Å². The first-order valence-corrected chi connectivity index (χ1v) is 14.7. The lowest BCUT2D eigenvalue weighted by molar-refractivity contribution is -0.136. The Kier molecular flexibility index (Phi) is 7.73. The van der Waals surface area contributed by atoms with Crippen LogP contribution in [0.5, 0.6) is 5.75 Å². The minimum Gasteiger partial charge on any atom is -0.488 e. The Balaban J connectivity index is 1.55. The predicted octanol–water partition coefficient (Wildman–Crippen LogP) is 5.40. The van der Waals surface area contributed by atoms with Gasteiger partial charge in [0.1, 0.15) is 12.4 Å². The third-order valence-corrected chi connectivity index (χ3v) is 8.48. The summed E-state index contributed by atoms with van der Waals surface area (Å²) in [5, 5.41) is 11.5. The van der Waals surface area contributed by atoms with Crippen LogP contribution in [-0.2, 0) is 16.1 Å². The number of esters is 1. The van der Waals surface area contributed by atoms with E-state index in [0.29, 0.717) is 38.3 Å². The molecule has 0 amide bonds. The van der Waals surface area contributed by atoms with E-state index < -0.39 is 12.0 Å². The maximum absolute atomic E-state index is 14.2. The molecule has 5 aromatic rings. The minimum atomic E-state index is -0.673. The van der Waals surface area contributed by atoms with Crippen LogP contribution in [0.4, 0.5) is 0 Å². The molecule has 0 unspecified atom stereocenters. The quantitative estimate of drug-likeness (QED) is 0.239. The SMILES string of the molecule is CCC1=C(C(=O)OC)[C@H](c2ccccc2)n2c(s/c(=C/c3c(OCc4ccccc4C#N)ccc4ccccc34)c2=O)=N1. The first-order valence-electron chi connectivity index (χ1n) is 13.8. The standard InChI is InChI=1S/C35H27N3O4S/c1-3-28-31(34(40)41-2)32(23-12-5-4-6-13-23)38-33(39)30(43-35(38)37-28)19-27-26-16-10-9-11-22(26)17-18-29(27)42-21-25-15-8-7-14-24(25)20-36/h4-19,32H,3,21H2,1-2H3/b30-19+/t32-/m0/s1. The number of methoxy groups -OCH3 is 1. The van der Waals surface area contributed by atoms with Gasteiger partial charge in [0.25, 0.3) is 5.56 Å². The van der Waals surface area contributed by atoms with E-state index in [2.05, 4.69) is 6.07 Å². The molecule has 0 fully saturated rings. The van der Waals surface area contributed by atoms with Gasteiger partial charge in [0, 0.05) is 11.1 Å². The van der Waals surface area contributed by atoms with Gasteiger partial charge in [0.15, 0.2) is 4.80 Å². The summed E-state index contributed by atoms with van der Waals surface area (Å²) in [7, 11) is 1.34. The molecule has 1 atom stereocenters. The van der Waals surface area contributed by atoms with Crippen molar-refractivity contribution in [2.75, 3.05) is 7.11 Å². The van der Waals surface area contributed by atoms with Crippen LogP contribution in [0, 0.1) is 11.3 Å². The Morgan fingerprint density at radius 3 is 2.53 bits per heavy atom. The number of carbonyl (C=O) groups is 1. The maximum Gasteiger partial charge on any atom is 0.338 e. The summed E-state index contributed by atoms with van der Waals surface area (Å²) in [6.07, 6.45) is 2.34. The fourth-order valence-corrected chi connectivity index (χ4v) is 6.41. The van der Waals surface area contributed by atoms with Gasteiger partial charge in [-0.3, -0.25) is 9.36 Å². The smallest absolute Gasteiger partial charge is 0.338 e. The Morgan fingerprint density at radius 1 is 1.02 bits per heavy atom. The average Bonchev–Trinajstić information content (AvgIpc) is 3.37. The van der Waals surface area contributed by atoms with Gasteiger partial charge < -0.3 is 9.47 Å². The monoisotopic (exact) mass is 585 g/mol. The summed E-state index contributed by atoms with van der Waals surface area (Å²) in [6, 6.07) is 30.1. The van der Waals surface area contributed by atoms with Crippen molar-refractivity contribution in [2.45, 2.75) is 26.0 Å². The fraction of sp³-hybridized carbons (Fsp3) is 0.143. The number of nitriles is 1. The molecular formula is C35H27N3O4S. The summed E-state index contributed by atoms with van der Waals surface area (Å²) >= 11 is 1.28. The molecular weight excluding hydrogens is 558 g/mol. The van der Waals surface area contributed by atoms with Gasteiger partial charge >= 0.3 is 5.97 Å². The second-order valence-electron chi connectivity index (χ2n) is 9.96. The molecule has 4 aromatic carbocycles. The molecule has 6 rings (SSSR count). The molecule has 0 N–H and O–H groups in total.